The molecule has 43 heavy (non-hydrogen) atoms. The molecule has 1 aliphatic carbocycles. The fourth-order valence-corrected chi connectivity index (χ4v) is 5.31. The Hall–Kier alpha value is -2.40. The second kappa shape index (κ2) is 19.1. The summed E-state index contributed by atoms with van der Waals surface area (Å²) < 4.78 is 5.44. The smallest absolute Gasteiger partial charge is 0.408 e. The molecule has 1 unspecified atom stereocenters. The quantitative estimate of drug-likeness (QED) is 0.169. The van der Waals surface area contributed by atoms with E-state index in [1.807, 2.05) is 46.7 Å². The highest BCUT2D eigenvalue weighted by Crippen LogP contribution is 2.28. The number of nitrogens with one attached hydrogen (secondary N) is 4. The molecule has 11 heteroatoms. The zero-order valence-electron chi connectivity index (χ0n) is 28.3. The molecule has 0 aromatic rings. The summed E-state index contributed by atoms with van der Waals surface area (Å²) in [6.45, 7) is 14.2. The van der Waals surface area contributed by atoms with E-state index in [4.69, 9.17) is 4.74 Å². The highest BCUT2D eigenvalue weighted by Gasteiger charge is 2.34. The monoisotopic (exact) mass is 611 g/mol. The van der Waals surface area contributed by atoms with Gasteiger partial charge in [-0.05, 0) is 65.5 Å². The average Bonchev–Trinajstić information content (AvgIpc) is 2.89. The highest BCUT2D eigenvalue weighted by atomic mass is 16.6. The average molecular weight is 612 g/mol. The molecule has 5 atom stereocenters. The lowest BCUT2D eigenvalue weighted by molar-refractivity contribution is -0.132. The summed E-state index contributed by atoms with van der Waals surface area (Å²) in [4.78, 5) is 54.4. The van der Waals surface area contributed by atoms with E-state index in [1.54, 1.807) is 20.8 Å². The molecule has 0 radical (unpaired) electrons. The van der Waals surface area contributed by atoms with Gasteiger partial charge in [-0.3, -0.25) is 14.4 Å². The van der Waals surface area contributed by atoms with Gasteiger partial charge in [0.05, 0.1) is 18.6 Å². The largest absolute Gasteiger partial charge is 0.444 e. The van der Waals surface area contributed by atoms with Gasteiger partial charge in [0, 0.05) is 13.1 Å². The molecule has 1 rings (SSSR count). The maximum absolute atomic E-state index is 13.7. The molecular weight excluding hydrogens is 550 g/mol. The SMILES string of the molecule is CCC(C)[C@H](NC(=O)[C@H](CC1CCCCC1)NC(=O)OC(C)(C)C)C(=O)N[C@@H](CC(C)C)[C@@H](O)CC(=O)NCCN(C)C. The van der Waals surface area contributed by atoms with E-state index in [0.29, 0.717) is 38.3 Å². The van der Waals surface area contributed by atoms with Gasteiger partial charge in [0.15, 0.2) is 0 Å². The van der Waals surface area contributed by atoms with E-state index < -0.39 is 47.7 Å². The molecule has 1 fully saturated rings. The Kier molecular flexibility index (Phi) is 17.1. The summed E-state index contributed by atoms with van der Waals surface area (Å²) in [7, 11) is 3.82. The van der Waals surface area contributed by atoms with Crippen LogP contribution in [0, 0.1) is 17.8 Å². The van der Waals surface area contributed by atoms with Crippen LogP contribution in [-0.2, 0) is 19.1 Å². The van der Waals surface area contributed by atoms with Gasteiger partial charge in [-0.15, -0.1) is 0 Å². The number of nitrogens with zero attached hydrogens (tertiary/aromatic N) is 1. The third kappa shape index (κ3) is 16.3. The summed E-state index contributed by atoms with van der Waals surface area (Å²) in [5.74, 6) is -0.918. The van der Waals surface area contributed by atoms with E-state index in [2.05, 4.69) is 21.3 Å². The second-order valence-electron chi connectivity index (χ2n) is 14.0. The summed E-state index contributed by atoms with van der Waals surface area (Å²) in [6, 6.07) is -2.41. The van der Waals surface area contributed by atoms with Gasteiger partial charge in [-0.2, -0.15) is 0 Å². The predicted octanol–water partition coefficient (Wildman–Crippen LogP) is 3.34. The third-order valence-electron chi connectivity index (χ3n) is 7.89. The topological polar surface area (TPSA) is 149 Å². The van der Waals surface area contributed by atoms with Crippen LogP contribution in [0.3, 0.4) is 0 Å². The number of alkyl carbamates (subject to hydrolysis) is 1. The van der Waals surface area contributed by atoms with E-state index in [-0.39, 0.29) is 24.2 Å². The van der Waals surface area contributed by atoms with Crippen molar-refractivity contribution in [3.05, 3.63) is 0 Å². The van der Waals surface area contributed by atoms with E-state index in [1.165, 1.54) is 6.42 Å². The molecule has 4 amide bonds. The number of aliphatic hydroxyl groups excluding tert-OH is 1. The normalized spacial score (nSPS) is 17.9. The van der Waals surface area contributed by atoms with Crippen molar-refractivity contribution in [2.45, 2.75) is 136 Å². The number of aliphatic hydroxyl groups is 1. The number of hydrogen-bond acceptors (Lipinski definition) is 7. The number of carbonyl (C=O) groups excluding carboxylic acids is 4. The Labute approximate surface area is 260 Å². The molecule has 11 nitrogen and oxygen atoms in total. The Morgan fingerprint density at radius 1 is 0.953 bits per heavy atom. The molecule has 0 heterocycles. The second-order valence-corrected chi connectivity index (χ2v) is 14.0. The molecule has 0 aromatic heterocycles. The molecule has 0 bridgehead atoms. The minimum atomic E-state index is -1.09. The first-order chi connectivity index (χ1) is 20.0. The maximum Gasteiger partial charge on any atom is 0.408 e. The Balaban J connectivity index is 3.06. The summed E-state index contributed by atoms with van der Waals surface area (Å²) in [6.07, 6.45) is 4.99. The van der Waals surface area contributed by atoms with Gasteiger partial charge in [-0.1, -0.05) is 66.2 Å². The van der Waals surface area contributed by atoms with Gasteiger partial charge in [0.1, 0.15) is 17.7 Å². The van der Waals surface area contributed by atoms with Gasteiger partial charge >= 0.3 is 6.09 Å². The minimum absolute atomic E-state index is 0.144. The molecule has 0 saturated heterocycles. The highest BCUT2D eigenvalue weighted by molar-refractivity contribution is 5.91. The van der Waals surface area contributed by atoms with Gasteiger partial charge in [0.25, 0.3) is 0 Å². The van der Waals surface area contributed by atoms with Crippen LogP contribution < -0.4 is 21.3 Å². The summed E-state index contributed by atoms with van der Waals surface area (Å²) in [5.41, 5.74) is -0.718. The molecule has 1 aliphatic rings. The van der Waals surface area contributed by atoms with Crippen molar-refractivity contribution in [1.29, 1.82) is 0 Å². The standard InChI is InChI=1S/C32H61N5O6/c1-10-22(4)28(30(41)34-24(18-21(2)3)26(38)20-27(39)33-16-17-37(8)9)36-29(40)25(19-23-14-12-11-13-15-23)35-31(42)43-32(5,6)7/h21-26,28,38H,10-20H2,1-9H3,(H,33,39)(H,34,41)(H,35,42)(H,36,40)/t22?,24-,25-,26-,28-/m0/s1. The van der Waals surface area contributed by atoms with Crippen LogP contribution in [0.5, 0.6) is 0 Å². The molecular formula is C32H61N5O6. The van der Waals surface area contributed by atoms with E-state index >= 15 is 0 Å². The van der Waals surface area contributed by atoms with Crippen molar-refractivity contribution in [3.8, 4) is 0 Å². The summed E-state index contributed by atoms with van der Waals surface area (Å²) >= 11 is 0. The Bertz CT molecular complexity index is 869. The number of hydrogen-bond donors (Lipinski definition) is 5. The maximum atomic E-state index is 13.7. The molecule has 0 aliphatic heterocycles. The van der Waals surface area contributed by atoms with Crippen molar-refractivity contribution in [2.75, 3.05) is 27.2 Å². The van der Waals surface area contributed by atoms with Crippen LogP contribution in [-0.4, -0.2) is 90.8 Å². The van der Waals surface area contributed by atoms with Crippen molar-refractivity contribution in [3.63, 3.8) is 0 Å². The fourth-order valence-electron chi connectivity index (χ4n) is 5.31. The molecule has 0 spiro atoms. The zero-order valence-corrected chi connectivity index (χ0v) is 28.3. The lowest BCUT2D eigenvalue weighted by Crippen LogP contribution is -2.58. The van der Waals surface area contributed by atoms with Crippen LogP contribution in [0.25, 0.3) is 0 Å². The minimum Gasteiger partial charge on any atom is -0.444 e. The molecule has 1 saturated carbocycles. The molecule has 5 N–H and O–H groups in total. The predicted molar refractivity (Wildman–Crippen MR) is 169 cm³/mol. The number of amides is 4. The van der Waals surface area contributed by atoms with Crippen molar-refractivity contribution >= 4 is 23.8 Å². The van der Waals surface area contributed by atoms with E-state index in [9.17, 15) is 24.3 Å². The Morgan fingerprint density at radius 3 is 2.12 bits per heavy atom. The number of carbonyl (C=O) groups is 4. The first kappa shape index (κ1) is 38.6. The van der Waals surface area contributed by atoms with Crippen molar-refractivity contribution in [2.24, 2.45) is 17.8 Å². The van der Waals surface area contributed by atoms with Crippen LogP contribution in [0.2, 0.25) is 0 Å². The van der Waals surface area contributed by atoms with Crippen molar-refractivity contribution < 1.29 is 29.0 Å². The summed E-state index contributed by atoms with van der Waals surface area (Å²) in [5, 5.41) is 22.4. The molecule has 250 valence electrons. The van der Waals surface area contributed by atoms with Gasteiger partial charge in [-0.25, -0.2) is 4.79 Å². The van der Waals surface area contributed by atoms with Crippen LogP contribution >= 0.6 is 0 Å². The Morgan fingerprint density at radius 2 is 1.58 bits per heavy atom. The fraction of sp³-hybridized carbons (Fsp3) is 0.875. The van der Waals surface area contributed by atoms with Gasteiger partial charge < -0.3 is 36.0 Å². The first-order valence-electron chi connectivity index (χ1n) is 16.2. The lowest BCUT2D eigenvalue weighted by Gasteiger charge is -2.32. The zero-order chi connectivity index (χ0) is 32.7. The number of likely N-dealkylation sites (N-methyl/N-ethyl adjacent to an activating group) is 1. The van der Waals surface area contributed by atoms with Crippen LogP contribution in [0.15, 0.2) is 0 Å². The van der Waals surface area contributed by atoms with Crippen molar-refractivity contribution in [1.82, 2.24) is 26.2 Å². The van der Waals surface area contributed by atoms with Gasteiger partial charge in [0.2, 0.25) is 17.7 Å². The van der Waals surface area contributed by atoms with Crippen LogP contribution in [0.1, 0.15) is 106 Å². The number of ether oxygens (including phenoxy) is 1. The molecule has 0 aromatic carbocycles. The number of rotatable bonds is 17. The first-order valence-corrected chi connectivity index (χ1v) is 16.2. The third-order valence-corrected chi connectivity index (χ3v) is 7.89. The van der Waals surface area contributed by atoms with Crippen LogP contribution in [0.4, 0.5) is 4.79 Å². The lowest BCUT2D eigenvalue weighted by atomic mass is 9.84. The van der Waals surface area contributed by atoms with E-state index in [0.717, 1.165) is 25.7 Å².